The molecule has 11 heavy (non-hydrogen) atoms. The third-order valence-electron chi connectivity index (χ3n) is 1.76. The highest BCUT2D eigenvalue weighted by Gasteiger charge is 2.14. The molecule has 0 amide bonds. The van der Waals surface area contributed by atoms with E-state index >= 15 is 0 Å². The van der Waals surface area contributed by atoms with Crippen LogP contribution < -0.4 is 0 Å². The molecule has 0 saturated heterocycles. The van der Waals surface area contributed by atoms with E-state index in [2.05, 4.69) is 18.8 Å². The molecule has 60 valence electrons. The number of allylic oxidation sites excluding steroid dienone is 1. The second-order valence-electron chi connectivity index (χ2n) is 3.12. The van der Waals surface area contributed by atoms with E-state index in [1.54, 1.807) is 6.08 Å². The maximum atomic E-state index is 11.0. The molecule has 1 heterocycles. The van der Waals surface area contributed by atoms with Gasteiger partial charge in [-0.1, -0.05) is 13.8 Å². The first-order valence-corrected chi connectivity index (χ1v) is 3.91. The number of carbonyl (C=O) groups is 1. The molecule has 0 aromatic carbocycles. The lowest BCUT2D eigenvalue weighted by Crippen LogP contribution is -2.20. The average Bonchev–Trinajstić information content (AvgIpc) is 1.94. The van der Waals surface area contributed by atoms with E-state index in [0.717, 1.165) is 5.71 Å². The number of dihydropyridines is 1. The molecule has 0 aromatic heterocycles. The maximum absolute atomic E-state index is 11.0. The summed E-state index contributed by atoms with van der Waals surface area (Å²) in [5.74, 6) is 0.524. The number of nitrogens with zero attached hydrogens (tertiary/aromatic N) is 1. The molecule has 0 bridgehead atoms. The number of hydrogen-bond donors (Lipinski definition) is 0. The minimum absolute atomic E-state index is 0.106. The SMILES string of the molecule is CC(C)C1=NC(C)C(=O)C=C1. The molecular formula is C9H13NO. The molecule has 0 saturated carbocycles. The largest absolute Gasteiger partial charge is 0.292 e. The Bertz CT molecular complexity index is 226. The Labute approximate surface area is 67.0 Å². The van der Waals surface area contributed by atoms with E-state index in [4.69, 9.17) is 0 Å². The van der Waals surface area contributed by atoms with Crippen molar-refractivity contribution in [2.75, 3.05) is 0 Å². The molecule has 0 spiro atoms. The number of hydrogen-bond acceptors (Lipinski definition) is 2. The third-order valence-corrected chi connectivity index (χ3v) is 1.76. The van der Waals surface area contributed by atoms with Gasteiger partial charge in [0.2, 0.25) is 0 Å². The quantitative estimate of drug-likeness (QED) is 0.559. The van der Waals surface area contributed by atoms with Crippen LogP contribution in [0.5, 0.6) is 0 Å². The number of ketones is 1. The summed E-state index contributed by atoms with van der Waals surface area (Å²) in [5.41, 5.74) is 1.03. The predicted octanol–water partition coefficient (Wildman–Crippen LogP) is 1.61. The van der Waals surface area contributed by atoms with Crippen molar-refractivity contribution in [2.45, 2.75) is 26.8 Å². The van der Waals surface area contributed by atoms with Gasteiger partial charge in [-0.3, -0.25) is 9.79 Å². The van der Waals surface area contributed by atoms with Crippen molar-refractivity contribution < 1.29 is 4.79 Å². The first-order valence-electron chi connectivity index (χ1n) is 3.91. The first-order chi connectivity index (χ1) is 5.11. The molecule has 1 aliphatic rings. The van der Waals surface area contributed by atoms with Crippen LogP contribution >= 0.6 is 0 Å². The molecule has 1 aliphatic heterocycles. The van der Waals surface area contributed by atoms with Crippen molar-refractivity contribution in [1.82, 2.24) is 0 Å². The lowest BCUT2D eigenvalue weighted by molar-refractivity contribution is -0.115. The van der Waals surface area contributed by atoms with Crippen LogP contribution in [0.3, 0.4) is 0 Å². The zero-order valence-electron chi connectivity index (χ0n) is 7.16. The second-order valence-corrected chi connectivity index (χ2v) is 3.12. The van der Waals surface area contributed by atoms with Crippen LogP contribution in [0.4, 0.5) is 0 Å². The highest BCUT2D eigenvalue weighted by atomic mass is 16.1. The molecule has 1 atom stereocenters. The van der Waals surface area contributed by atoms with Gasteiger partial charge < -0.3 is 0 Å². The number of aliphatic imine (C=N–C) groups is 1. The Hall–Kier alpha value is -0.920. The van der Waals surface area contributed by atoms with Crippen molar-refractivity contribution in [1.29, 1.82) is 0 Å². The Morgan fingerprint density at radius 1 is 1.45 bits per heavy atom. The first kappa shape index (κ1) is 8.18. The average molecular weight is 151 g/mol. The van der Waals surface area contributed by atoms with Gasteiger partial charge in [0.1, 0.15) is 6.04 Å². The number of rotatable bonds is 1. The van der Waals surface area contributed by atoms with E-state index in [0.29, 0.717) is 5.92 Å². The fourth-order valence-electron chi connectivity index (χ4n) is 0.979. The van der Waals surface area contributed by atoms with Gasteiger partial charge >= 0.3 is 0 Å². The number of carbonyl (C=O) groups excluding carboxylic acids is 1. The fraction of sp³-hybridized carbons (Fsp3) is 0.556. The lowest BCUT2D eigenvalue weighted by Gasteiger charge is -2.12. The van der Waals surface area contributed by atoms with Gasteiger partial charge in [0, 0.05) is 5.71 Å². The van der Waals surface area contributed by atoms with Gasteiger partial charge in [-0.15, -0.1) is 0 Å². The van der Waals surface area contributed by atoms with Gasteiger partial charge in [-0.25, -0.2) is 0 Å². The third kappa shape index (κ3) is 1.76. The predicted molar refractivity (Wildman–Crippen MR) is 45.9 cm³/mol. The summed E-state index contributed by atoms with van der Waals surface area (Å²) in [6, 6.07) is -0.169. The minimum atomic E-state index is -0.169. The van der Waals surface area contributed by atoms with Crippen LogP contribution in [-0.2, 0) is 4.79 Å². The molecule has 2 heteroatoms. The van der Waals surface area contributed by atoms with Crippen LogP contribution in [0.25, 0.3) is 0 Å². The standard InChI is InChI=1S/C9H13NO/c1-6(2)8-4-5-9(11)7(3)10-8/h4-7H,1-3H3. The Morgan fingerprint density at radius 3 is 2.55 bits per heavy atom. The molecular weight excluding hydrogens is 138 g/mol. The van der Waals surface area contributed by atoms with Gasteiger partial charge in [-0.2, -0.15) is 0 Å². The summed E-state index contributed by atoms with van der Waals surface area (Å²) >= 11 is 0. The molecule has 0 radical (unpaired) electrons. The van der Waals surface area contributed by atoms with Crippen molar-refractivity contribution in [2.24, 2.45) is 10.9 Å². The van der Waals surface area contributed by atoms with Crippen molar-refractivity contribution in [3.8, 4) is 0 Å². The van der Waals surface area contributed by atoms with Crippen molar-refractivity contribution >= 4 is 11.5 Å². The van der Waals surface area contributed by atoms with Gasteiger partial charge in [0.05, 0.1) is 0 Å². The van der Waals surface area contributed by atoms with E-state index in [1.807, 2.05) is 13.0 Å². The maximum Gasteiger partial charge on any atom is 0.179 e. The normalized spacial score (nSPS) is 24.2. The molecule has 0 aromatic rings. The molecule has 0 N–H and O–H groups in total. The minimum Gasteiger partial charge on any atom is -0.292 e. The molecule has 1 unspecified atom stereocenters. The molecule has 1 rings (SSSR count). The fourth-order valence-corrected chi connectivity index (χ4v) is 0.979. The van der Waals surface area contributed by atoms with Crippen LogP contribution in [0.2, 0.25) is 0 Å². The topological polar surface area (TPSA) is 29.4 Å². The monoisotopic (exact) mass is 151 g/mol. The Morgan fingerprint density at radius 2 is 2.09 bits per heavy atom. The summed E-state index contributed by atoms with van der Waals surface area (Å²) in [4.78, 5) is 15.2. The van der Waals surface area contributed by atoms with Crippen molar-refractivity contribution in [3.05, 3.63) is 12.2 Å². The summed E-state index contributed by atoms with van der Waals surface area (Å²) in [7, 11) is 0. The Balaban J connectivity index is 2.80. The van der Waals surface area contributed by atoms with E-state index in [9.17, 15) is 4.79 Å². The van der Waals surface area contributed by atoms with E-state index in [-0.39, 0.29) is 11.8 Å². The lowest BCUT2D eigenvalue weighted by atomic mass is 10.0. The van der Waals surface area contributed by atoms with Crippen LogP contribution in [0.15, 0.2) is 17.1 Å². The summed E-state index contributed by atoms with van der Waals surface area (Å²) in [5, 5.41) is 0. The Kier molecular flexibility index (Phi) is 2.22. The van der Waals surface area contributed by atoms with Crippen LogP contribution in [-0.4, -0.2) is 17.5 Å². The highest BCUT2D eigenvalue weighted by molar-refractivity contribution is 6.08. The smallest absolute Gasteiger partial charge is 0.179 e. The van der Waals surface area contributed by atoms with Gasteiger partial charge in [0.25, 0.3) is 0 Å². The zero-order valence-corrected chi connectivity index (χ0v) is 7.16. The van der Waals surface area contributed by atoms with Crippen LogP contribution in [0.1, 0.15) is 20.8 Å². The molecule has 0 fully saturated rings. The second kappa shape index (κ2) is 2.99. The zero-order chi connectivity index (χ0) is 8.43. The highest BCUT2D eigenvalue weighted by Crippen LogP contribution is 2.08. The van der Waals surface area contributed by atoms with Crippen molar-refractivity contribution in [3.63, 3.8) is 0 Å². The van der Waals surface area contributed by atoms with Gasteiger partial charge in [-0.05, 0) is 25.0 Å². The summed E-state index contributed by atoms with van der Waals surface area (Å²) < 4.78 is 0. The van der Waals surface area contributed by atoms with E-state index < -0.39 is 0 Å². The molecule has 2 nitrogen and oxygen atoms in total. The van der Waals surface area contributed by atoms with Crippen LogP contribution in [0, 0.1) is 5.92 Å². The summed E-state index contributed by atoms with van der Waals surface area (Å²) in [6.07, 6.45) is 3.43. The summed E-state index contributed by atoms with van der Waals surface area (Å²) in [6.45, 7) is 5.98. The van der Waals surface area contributed by atoms with Gasteiger partial charge in [0.15, 0.2) is 5.78 Å². The molecule has 0 aliphatic carbocycles. The van der Waals surface area contributed by atoms with E-state index in [1.165, 1.54) is 0 Å².